The van der Waals surface area contributed by atoms with Gasteiger partial charge in [-0.1, -0.05) is 30.3 Å². The Balaban J connectivity index is 1.93. The first kappa shape index (κ1) is 12.9. The van der Waals surface area contributed by atoms with Gasteiger partial charge in [0.1, 0.15) is 5.75 Å². The molecule has 20 heavy (non-hydrogen) atoms. The molecule has 104 valence electrons. The summed E-state index contributed by atoms with van der Waals surface area (Å²) in [6, 6.07) is 12.5. The van der Waals surface area contributed by atoms with Gasteiger partial charge in [-0.15, -0.1) is 0 Å². The van der Waals surface area contributed by atoms with Crippen LogP contribution in [0.3, 0.4) is 0 Å². The second kappa shape index (κ2) is 5.51. The zero-order valence-corrected chi connectivity index (χ0v) is 11.1. The van der Waals surface area contributed by atoms with Gasteiger partial charge in [-0.25, -0.2) is 4.79 Å². The maximum absolute atomic E-state index is 10.7. The number of benzene rings is 2. The van der Waals surface area contributed by atoms with Gasteiger partial charge in [-0.2, -0.15) is 0 Å². The van der Waals surface area contributed by atoms with Crippen LogP contribution in [0, 0.1) is 0 Å². The Morgan fingerprint density at radius 2 is 2.05 bits per heavy atom. The minimum Gasteiger partial charge on any atom is -0.482 e. The van der Waals surface area contributed by atoms with E-state index in [1.54, 1.807) is 0 Å². The van der Waals surface area contributed by atoms with E-state index < -0.39 is 5.97 Å². The third kappa shape index (κ3) is 2.91. The van der Waals surface area contributed by atoms with Crippen molar-refractivity contribution in [1.29, 1.82) is 0 Å². The van der Waals surface area contributed by atoms with Crippen LogP contribution in [0.5, 0.6) is 5.75 Å². The van der Waals surface area contributed by atoms with Crippen LogP contribution in [-0.4, -0.2) is 23.7 Å². The Morgan fingerprint density at radius 3 is 2.80 bits per heavy atom. The number of carboxylic acid groups (broad SMARTS) is 1. The van der Waals surface area contributed by atoms with Crippen molar-refractivity contribution in [2.75, 3.05) is 6.61 Å². The van der Waals surface area contributed by atoms with Gasteiger partial charge in [0.25, 0.3) is 0 Å². The lowest BCUT2D eigenvalue weighted by atomic mass is 10.0. The summed E-state index contributed by atoms with van der Waals surface area (Å²) in [6.45, 7) is 0.399. The molecule has 3 rings (SSSR count). The molecule has 2 N–H and O–H groups in total. The molecule has 0 heterocycles. The fourth-order valence-electron chi connectivity index (χ4n) is 2.31. The molecule has 0 aliphatic heterocycles. The zero-order chi connectivity index (χ0) is 13.9. The molecule has 0 amide bonds. The maximum Gasteiger partial charge on any atom is 0.341 e. The molecule has 0 radical (unpaired) electrons. The zero-order valence-electron chi connectivity index (χ0n) is 11.1. The highest BCUT2D eigenvalue weighted by Gasteiger charge is 2.21. The number of nitrogens with one attached hydrogen (secondary N) is 1. The number of rotatable bonds is 6. The highest BCUT2D eigenvalue weighted by atomic mass is 16.5. The number of carbonyl (C=O) groups is 1. The molecule has 1 saturated carbocycles. The highest BCUT2D eigenvalue weighted by Crippen LogP contribution is 2.29. The fourth-order valence-corrected chi connectivity index (χ4v) is 2.31. The molecule has 4 nitrogen and oxygen atoms in total. The molecule has 2 aromatic carbocycles. The Kier molecular flexibility index (Phi) is 3.56. The lowest BCUT2D eigenvalue weighted by Crippen LogP contribution is -2.17. The molecule has 1 aliphatic rings. The summed E-state index contributed by atoms with van der Waals surface area (Å²) in [4.78, 5) is 10.7. The summed E-state index contributed by atoms with van der Waals surface area (Å²) >= 11 is 0. The van der Waals surface area contributed by atoms with Crippen LogP contribution in [0.2, 0.25) is 0 Å². The molecule has 0 aromatic heterocycles. The average Bonchev–Trinajstić information content (AvgIpc) is 3.27. The van der Waals surface area contributed by atoms with Gasteiger partial charge >= 0.3 is 5.97 Å². The number of hydrogen-bond donors (Lipinski definition) is 2. The monoisotopic (exact) mass is 271 g/mol. The molecule has 0 atom stereocenters. The molecule has 1 aliphatic carbocycles. The summed E-state index contributed by atoms with van der Waals surface area (Å²) < 4.78 is 5.42. The minimum absolute atomic E-state index is 0.311. The Labute approximate surface area is 117 Å². The lowest BCUT2D eigenvalue weighted by molar-refractivity contribution is -0.139. The molecule has 0 spiro atoms. The van der Waals surface area contributed by atoms with Gasteiger partial charge in [0, 0.05) is 18.2 Å². The van der Waals surface area contributed by atoms with E-state index in [9.17, 15) is 4.79 Å². The van der Waals surface area contributed by atoms with Crippen LogP contribution < -0.4 is 10.1 Å². The van der Waals surface area contributed by atoms with Gasteiger partial charge in [0.15, 0.2) is 6.61 Å². The predicted octanol–water partition coefficient (Wildman–Crippen LogP) is 2.56. The largest absolute Gasteiger partial charge is 0.482 e. The van der Waals surface area contributed by atoms with E-state index in [1.807, 2.05) is 30.3 Å². The molecular weight excluding hydrogens is 254 g/mol. The van der Waals surface area contributed by atoms with Gasteiger partial charge in [-0.3, -0.25) is 0 Å². The van der Waals surface area contributed by atoms with E-state index in [2.05, 4.69) is 11.4 Å². The van der Waals surface area contributed by atoms with Crippen molar-refractivity contribution in [3.8, 4) is 5.75 Å². The summed E-state index contributed by atoms with van der Waals surface area (Å²) in [6.07, 6.45) is 2.44. The van der Waals surface area contributed by atoms with Gasteiger partial charge in [0.05, 0.1) is 0 Å². The van der Waals surface area contributed by atoms with Crippen LogP contribution in [0.4, 0.5) is 0 Å². The molecule has 0 bridgehead atoms. The Morgan fingerprint density at radius 1 is 1.25 bits per heavy atom. The number of carboxylic acids is 1. The van der Waals surface area contributed by atoms with Gasteiger partial charge in [0.2, 0.25) is 0 Å². The van der Waals surface area contributed by atoms with Crippen molar-refractivity contribution in [3.05, 3.63) is 42.0 Å². The lowest BCUT2D eigenvalue weighted by Gasteiger charge is -2.14. The number of aliphatic carboxylic acids is 1. The topological polar surface area (TPSA) is 58.6 Å². The van der Waals surface area contributed by atoms with E-state index in [0.29, 0.717) is 18.3 Å². The normalized spacial score (nSPS) is 14.4. The minimum atomic E-state index is -0.959. The van der Waals surface area contributed by atoms with E-state index in [0.717, 1.165) is 16.3 Å². The molecule has 1 fully saturated rings. The van der Waals surface area contributed by atoms with E-state index in [-0.39, 0.29) is 6.61 Å². The SMILES string of the molecule is O=C(O)COc1ccc2ccccc2c1CNC1CC1. The van der Waals surface area contributed by atoms with Crippen molar-refractivity contribution in [3.63, 3.8) is 0 Å². The van der Waals surface area contributed by atoms with Crippen molar-refractivity contribution in [2.45, 2.75) is 25.4 Å². The second-order valence-corrected chi connectivity index (χ2v) is 5.10. The third-order valence-electron chi connectivity index (χ3n) is 3.49. The standard InChI is InChI=1S/C16H17NO3/c18-16(19)10-20-15-8-5-11-3-1-2-4-13(11)14(15)9-17-12-6-7-12/h1-5,8,12,17H,6-7,9-10H2,(H,18,19). The van der Waals surface area contributed by atoms with Crippen LogP contribution in [-0.2, 0) is 11.3 Å². The van der Waals surface area contributed by atoms with Crippen LogP contribution in [0.15, 0.2) is 36.4 Å². The number of ether oxygens (including phenoxy) is 1. The summed E-state index contributed by atoms with van der Waals surface area (Å²) in [5.74, 6) is -0.307. The quantitative estimate of drug-likeness (QED) is 0.847. The van der Waals surface area contributed by atoms with Crippen LogP contribution >= 0.6 is 0 Å². The van der Waals surface area contributed by atoms with Crippen molar-refractivity contribution in [2.24, 2.45) is 0 Å². The van der Waals surface area contributed by atoms with Crippen molar-refractivity contribution >= 4 is 16.7 Å². The molecule has 4 heteroatoms. The summed E-state index contributed by atoms with van der Waals surface area (Å²) in [5, 5.41) is 14.5. The predicted molar refractivity (Wildman–Crippen MR) is 76.9 cm³/mol. The first-order chi connectivity index (χ1) is 9.74. The fraction of sp³-hybridized carbons (Fsp3) is 0.312. The molecule has 2 aromatic rings. The van der Waals surface area contributed by atoms with Crippen LogP contribution in [0.25, 0.3) is 10.8 Å². The molecule has 0 unspecified atom stereocenters. The van der Waals surface area contributed by atoms with Crippen molar-refractivity contribution in [1.82, 2.24) is 5.32 Å². The highest BCUT2D eigenvalue weighted by molar-refractivity contribution is 5.87. The van der Waals surface area contributed by atoms with Crippen LogP contribution in [0.1, 0.15) is 18.4 Å². The van der Waals surface area contributed by atoms with E-state index >= 15 is 0 Å². The first-order valence-corrected chi connectivity index (χ1v) is 6.82. The van der Waals surface area contributed by atoms with Gasteiger partial charge in [-0.05, 0) is 29.7 Å². The van der Waals surface area contributed by atoms with Crippen molar-refractivity contribution < 1.29 is 14.6 Å². The second-order valence-electron chi connectivity index (χ2n) is 5.10. The summed E-state index contributed by atoms with van der Waals surface area (Å²) in [5.41, 5.74) is 1.04. The first-order valence-electron chi connectivity index (χ1n) is 6.82. The third-order valence-corrected chi connectivity index (χ3v) is 3.49. The maximum atomic E-state index is 10.7. The number of fused-ring (bicyclic) bond motifs is 1. The Bertz CT molecular complexity index is 635. The Hall–Kier alpha value is -2.07. The smallest absolute Gasteiger partial charge is 0.341 e. The van der Waals surface area contributed by atoms with E-state index in [4.69, 9.17) is 9.84 Å². The van der Waals surface area contributed by atoms with Gasteiger partial charge < -0.3 is 15.2 Å². The number of hydrogen-bond acceptors (Lipinski definition) is 3. The average molecular weight is 271 g/mol. The molecular formula is C16H17NO3. The van der Waals surface area contributed by atoms with E-state index in [1.165, 1.54) is 12.8 Å². The molecule has 0 saturated heterocycles. The summed E-state index contributed by atoms with van der Waals surface area (Å²) in [7, 11) is 0.